The molecule has 0 saturated heterocycles. The van der Waals surface area contributed by atoms with E-state index in [9.17, 15) is 19.8 Å². The molecule has 0 bridgehead atoms. The molecule has 0 spiro atoms. The van der Waals surface area contributed by atoms with E-state index in [0.717, 1.165) is 12.1 Å². The van der Waals surface area contributed by atoms with E-state index in [2.05, 4.69) is 0 Å². The highest BCUT2D eigenvalue weighted by Gasteiger charge is 2.17. The molecule has 0 aliphatic heterocycles. The molecule has 0 aromatic heterocycles. The maximum Gasteiger partial charge on any atom is 0.269 e. The minimum absolute atomic E-state index is 0.256. The van der Waals surface area contributed by atoms with Gasteiger partial charge in [-0.15, -0.1) is 0 Å². The largest absolute Gasteiger partial charge is 0.507 e. The van der Waals surface area contributed by atoms with Crippen LogP contribution in [-0.2, 0) is 0 Å². The first-order valence-corrected chi connectivity index (χ1v) is 4.09. The zero-order chi connectivity index (χ0) is 12.3. The molecule has 2 amide bonds. The number of amides is 2. The van der Waals surface area contributed by atoms with Gasteiger partial charge in [0.2, 0.25) is 0 Å². The maximum absolute atomic E-state index is 11.1. The van der Waals surface area contributed by atoms with E-state index in [1.165, 1.54) is 0 Å². The topological polar surface area (TPSA) is 151 Å². The van der Waals surface area contributed by atoms with E-state index in [1.807, 2.05) is 0 Å². The van der Waals surface area contributed by atoms with Crippen molar-refractivity contribution in [2.45, 2.75) is 0 Å². The molecule has 0 radical (unpaired) electrons. The third-order valence-electron chi connectivity index (χ3n) is 1.87. The zero-order valence-electron chi connectivity index (χ0n) is 8.02. The van der Waals surface area contributed by atoms with E-state index in [0.29, 0.717) is 0 Å². The molecule has 1 aromatic rings. The average molecular weight is 226 g/mol. The van der Waals surface area contributed by atoms with Gasteiger partial charge in [-0.1, -0.05) is 0 Å². The number of nitrogen functional groups attached to an aromatic ring is 2. The second kappa shape index (κ2) is 4.47. The smallest absolute Gasteiger partial charge is 0.269 e. The van der Waals surface area contributed by atoms with Gasteiger partial charge in [0.15, 0.2) is 0 Å². The summed E-state index contributed by atoms with van der Waals surface area (Å²) in [5, 5.41) is 18.8. The number of hydrogen-bond acceptors (Lipinski definition) is 6. The van der Waals surface area contributed by atoms with Gasteiger partial charge in [0.05, 0.1) is 11.1 Å². The van der Waals surface area contributed by atoms with Crippen molar-refractivity contribution in [2.24, 2.45) is 11.7 Å². The minimum atomic E-state index is -0.799. The number of carbonyl (C=O) groups is 2. The van der Waals surface area contributed by atoms with E-state index >= 15 is 0 Å². The fourth-order valence-electron chi connectivity index (χ4n) is 1.10. The van der Waals surface area contributed by atoms with E-state index in [-0.39, 0.29) is 11.1 Å². The molecular weight excluding hydrogens is 216 g/mol. The third kappa shape index (κ3) is 2.02. The van der Waals surface area contributed by atoms with Crippen LogP contribution in [0.2, 0.25) is 0 Å². The van der Waals surface area contributed by atoms with E-state index < -0.39 is 23.3 Å². The lowest BCUT2D eigenvalue weighted by Gasteiger charge is -2.07. The number of hydrazine groups is 2. The Morgan fingerprint density at radius 3 is 1.50 bits per heavy atom. The normalized spacial score (nSPS) is 9.62. The molecule has 16 heavy (non-hydrogen) atoms. The lowest BCUT2D eigenvalue weighted by molar-refractivity contribution is 0.0936. The Balaban J connectivity index is 3.27. The molecule has 0 unspecified atom stereocenters. The summed E-state index contributed by atoms with van der Waals surface area (Å²) in [6.07, 6.45) is 0. The van der Waals surface area contributed by atoms with Gasteiger partial charge < -0.3 is 10.2 Å². The highest BCUT2D eigenvalue weighted by atomic mass is 16.3. The first kappa shape index (κ1) is 11.8. The number of phenolic OH excluding ortho intramolecular Hbond substituents is 2. The lowest BCUT2D eigenvalue weighted by Crippen LogP contribution is -2.31. The van der Waals surface area contributed by atoms with Crippen LogP contribution in [-0.4, -0.2) is 22.0 Å². The van der Waals surface area contributed by atoms with Crippen molar-refractivity contribution in [3.8, 4) is 11.5 Å². The van der Waals surface area contributed by atoms with Crippen molar-refractivity contribution in [2.75, 3.05) is 0 Å². The fraction of sp³-hybridized carbons (Fsp3) is 0. The summed E-state index contributed by atoms with van der Waals surface area (Å²) in [4.78, 5) is 22.2. The molecule has 8 N–H and O–H groups in total. The molecule has 1 aromatic carbocycles. The number of aromatic hydroxyl groups is 2. The van der Waals surface area contributed by atoms with Crippen LogP contribution in [0.15, 0.2) is 12.1 Å². The van der Waals surface area contributed by atoms with Gasteiger partial charge in [0.25, 0.3) is 11.8 Å². The summed E-state index contributed by atoms with van der Waals surface area (Å²) in [6.45, 7) is 0. The van der Waals surface area contributed by atoms with Crippen molar-refractivity contribution in [1.29, 1.82) is 0 Å². The molecule has 8 nitrogen and oxygen atoms in total. The van der Waals surface area contributed by atoms with Gasteiger partial charge in [-0.25, -0.2) is 11.7 Å². The molecule has 0 heterocycles. The maximum atomic E-state index is 11.1. The van der Waals surface area contributed by atoms with Gasteiger partial charge in [0, 0.05) is 0 Å². The number of carbonyl (C=O) groups excluding carboxylic acids is 2. The molecule has 0 aliphatic rings. The number of hydrogen-bond donors (Lipinski definition) is 6. The van der Waals surface area contributed by atoms with Crippen LogP contribution in [0.3, 0.4) is 0 Å². The Kier molecular flexibility index (Phi) is 3.28. The molecular formula is C8H10N4O4. The Morgan fingerprint density at radius 2 is 1.25 bits per heavy atom. The standard InChI is InChI=1S/C8H10N4O4/c9-11-7(15)3-1-5(13)4(2-6(3)14)8(16)12-10/h1-2,13-14H,9-10H2,(H,11,15)(H,12,16). The second-order valence-corrected chi connectivity index (χ2v) is 2.83. The first-order valence-electron chi connectivity index (χ1n) is 4.09. The summed E-state index contributed by atoms with van der Waals surface area (Å²) in [5.41, 5.74) is 3.04. The summed E-state index contributed by atoms with van der Waals surface area (Å²) >= 11 is 0. The Bertz CT molecular complexity index is 404. The van der Waals surface area contributed by atoms with Crippen LogP contribution >= 0.6 is 0 Å². The van der Waals surface area contributed by atoms with E-state index in [1.54, 1.807) is 10.9 Å². The zero-order valence-corrected chi connectivity index (χ0v) is 8.02. The molecule has 0 aliphatic carbocycles. The molecule has 1 rings (SSSR count). The lowest BCUT2D eigenvalue weighted by atomic mass is 10.1. The van der Waals surface area contributed by atoms with Crippen molar-refractivity contribution in [3.63, 3.8) is 0 Å². The number of nitrogens with one attached hydrogen (secondary N) is 2. The van der Waals surface area contributed by atoms with Gasteiger partial charge in [-0.2, -0.15) is 0 Å². The Labute approximate surface area is 89.8 Å². The van der Waals surface area contributed by atoms with Crippen LogP contribution in [0, 0.1) is 0 Å². The molecule has 0 saturated carbocycles. The quantitative estimate of drug-likeness (QED) is 0.153. The summed E-state index contributed by atoms with van der Waals surface area (Å²) in [5.74, 6) is 7.11. The molecule has 0 fully saturated rings. The number of rotatable bonds is 2. The second-order valence-electron chi connectivity index (χ2n) is 2.83. The molecule has 8 heteroatoms. The number of benzene rings is 1. The van der Waals surface area contributed by atoms with E-state index in [4.69, 9.17) is 11.7 Å². The monoisotopic (exact) mass is 226 g/mol. The van der Waals surface area contributed by atoms with Crippen molar-refractivity contribution in [3.05, 3.63) is 23.3 Å². The van der Waals surface area contributed by atoms with Crippen molar-refractivity contribution >= 4 is 11.8 Å². The molecule has 0 atom stereocenters. The van der Waals surface area contributed by atoms with Gasteiger partial charge in [-0.05, 0) is 12.1 Å². The number of nitrogens with two attached hydrogens (primary N) is 2. The van der Waals surface area contributed by atoms with Crippen LogP contribution in [0.5, 0.6) is 11.5 Å². The predicted octanol–water partition coefficient (Wildman–Crippen LogP) is -1.70. The van der Waals surface area contributed by atoms with Crippen LogP contribution in [0.1, 0.15) is 20.7 Å². The highest BCUT2D eigenvalue weighted by Crippen LogP contribution is 2.26. The van der Waals surface area contributed by atoms with Crippen LogP contribution in [0.25, 0.3) is 0 Å². The van der Waals surface area contributed by atoms with Gasteiger partial charge >= 0.3 is 0 Å². The van der Waals surface area contributed by atoms with Gasteiger partial charge in [0.1, 0.15) is 11.5 Å². The van der Waals surface area contributed by atoms with Crippen LogP contribution < -0.4 is 22.5 Å². The summed E-state index contributed by atoms with van der Waals surface area (Å²) in [7, 11) is 0. The summed E-state index contributed by atoms with van der Waals surface area (Å²) < 4.78 is 0. The van der Waals surface area contributed by atoms with Crippen molar-refractivity contribution in [1.82, 2.24) is 10.9 Å². The predicted molar refractivity (Wildman–Crippen MR) is 53.1 cm³/mol. The molecule has 86 valence electrons. The Hall–Kier alpha value is -2.32. The average Bonchev–Trinajstić information content (AvgIpc) is 2.29. The highest BCUT2D eigenvalue weighted by molar-refractivity contribution is 6.01. The fourth-order valence-corrected chi connectivity index (χ4v) is 1.10. The SMILES string of the molecule is NNC(=O)c1cc(O)c(C(=O)NN)cc1O. The van der Waals surface area contributed by atoms with Crippen LogP contribution in [0.4, 0.5) is 0 Å². The first-order chi connectivity index (χ1) is 7.51. The minimum Gasteiger partial charge on any atom is -0.507 e. The summed E-state index contributed by atoms with van der Waals surface area (Å²) in [6, 6.07) is 1.81. The third-order valence-corrected chi connectivity index (χ3v) is 1.87. The van der Waals surface area contributed by atoms with Crippen molar-refractivity contribution < 1.29 is 19.8 Å². The Morgan fingerprint density at radius 1 is 0.938 bits per heavy atom. The van der Waals surface area contributed by atoms with Gasteiger partial charge in [-0.3, -0.25) is 20.4 Å². The number of phenols is 2.